The van der Waals surface area contributed by atoms with Gasteiger partial charge in [0.05, 0.1) is 6.21 Å². The number of fused-ring (bicyclic) bond motifs is 1. The monoisotopic (exact) mass is 282 g/mol. The van der Waals surface area contributed by atoms with Gasteiger partial charge in [-0.15, -0.1) is 11.3 Å². The average molecular weight is 282 g/mol. The summed E-state index contributed by atoms with van der Waals surface area (Å²) >= 11 is 1.43. The molecule has 1 heterocycles. The van der Waals surface area contributed by atoms with E-state index in [0.29, 0.717) is 10.9 Å². The van der Waals surface area contributed by atoms with Crippen molar-refractivity contribution in [3.05, 3.63) is 52.9 Å². The second-order valence-electron chi connectivity index (χ2n) is 4.46. The molecule has 0 bridgehead atoms. The Morgan fingerprint density at radius 1 is 1.25 bits per heavy atom. The van der Waals surface area contributed by atoms with Gasteiger partial charge in [0.2, 0.25) is 5.13 Å². The largest absolute Gasteiger partial charge is 0.383 e. The number of hydrogen-bond acceptors (Lipinski definition) is 5. The molecule has 3 rings (SSSR count). The van der Waals surface area contributed by atoms with E-state index < -0.39 is 0 Å². The van der Waals surface area contributed by atoms with Gasteiger partial charge in [0.1, 0.15) is 5.82 Å². The number of aromatic nitrogens is 1. The van der Waals surface area contributed by atoms with E-state index in [1.807, 2.05) is 18.3 Å². The molecule has 0 amide bonds. The molecule has 0 saturated carbocycles. The van der Waals surface area contributed by atoms with Crippen molar-refractivity contribution < 1.29 is 0 Å². The molecule has 3 N–H and O–H groups in total. The van der Waals surface area contributed by atoms with Crippen molar-refractivity contribution in [2.24, 2.45) is 5.10 Å². The molecule has 20 heavy (non-hydrogen) atoms. The van der Waals surface area contributed by atoms with Gasteiger partial charge in [-0.1, -0.05) is 36.4 Å². The van der Waals surface area contributed by atoms with Gasteiger partial charge in [-0.05, 0) is 23.3 Å². The Morgan fingerprint density at radius 3 is 2.90 bits per heavy atom. The Hall–Kier alpha value is -2.40. The Balaban J connectivity index is 1.92. The van der Waals surface area contributed by atoms with Crippen LogP contribution >= 0.6 is 11.3 Å². The summed E-state index contributed by atoms with van der Waals surface area (Å²) in [6.45, 7) is 2.08. The first-order chi connectivity index (χ1) is 9.74. The van der Waals surface area contributed by atoms with Crippen LogP contribution in [-0.2, 0) is 0 Å². The fourth-order valence-electron chi connectivity index (χ4n) is 2.07. The van der Waals surface area contributed by atoms with E-state index in [1.165, 1.54) is 27.7 Å². The minimum absolute atomic E-state index is 0.508. The van der Waals surface area contributed by atoms with Gasteiger partial charge in [-0.25, -0.2) is 4.98 Å². The third-order valence-corrected chi connectivity index (χ3v) is 3.83. The highest BCUT2D eigenvalue weighted by atomic mass is 32.1. The van der Waals surface area contributed by atoms with Gasteiger partial charge in [-0.2, -0.15) is 5.10 Å². The Kier molecular flexibility index (Phi) is 3.35. The summed E-state index contributed by atoms with van der Waals surface area (Å²) in [6.07, 6.45) is 1.83. The summed E-state index contributed by atoms with van der Waals surface area (Å²) in [5.74, 6) is 0.508. The zero-order valence-corrected chi connectivity index (χ0v) is 11.8. The van der Waals surface area contributed by atoms with Gasteiger partial charge in [0.15, 0.2) is 0 Å². The highest BCUT2D eigenvalue weighted by Crippen LogP contribution is 2.21. The second kappa shape index (κ2) is 5.30. The number of hydrazone groups is 1. The molecule has 0 aliphatic rings. The van der Waals surface area contributed by atoms with Crippen molar-refractivity contribution in [2.45, 2.75) is 6.92 Å². The number of aryl methyl sites for hydroxylation is 1. The predicted octanol–water partition coefficient (Wildman–Crippen LogP) is 3.63. The maximum Gasteiger partial charge on any atom is 0.205 e. The number of nitrogens with zero attached hydrogens (tertiary/aromatic N) is 2. The van der Waals surface area contributed by atoms with Crippen LogP contribution in [-0.4, -0.2) is 11.2 Å². The minimum Gasteiger partial charge on any atom is -0.383 e. The second-order valence-corrected chi connectivity index (χ2v) is 5.32. The van der Waals surface area contributed by atoms with Crippen molar-refractivity contribution in [3.63, 3.8) is 0 Å². The first kappa shape index (κ1) is 12.6. The smallest absolute Gasteiger partial charge is 0.205 e. The summed E-state index contributed by atoms with van der Waals surface area (Å²) in [5, 5.41) is 9.12. The molecular formula is C15H14N4S. The first-order valence-electron chi connectivity index (χ1n) is 6.22. The van der Waals surface area contributed by atoms with Crippen molar-refractivity contribution >= 4 is 39.3 Å². The summed E-state index contributed by atoms with van der Waals surface area (Å²) < 4.78 is 0. The highest BCUT2D eigenvalue weighted by molar-refractivity contribution is 7.14. The molecule has 1 aromatic heterocycles. The number of rotatable bonds is 3. The van der Waals surface area contributed by atoms with E-state index in [4.69, 9.17) is 5.73 Å². The van der Waals surface area contributed by atoms with Crippen molar-refractivity contribution in [2.75, 3.05) is 11.2 Å². The topological polar surface area (TPSA) is 63.3 Å². The van der Waals surface area contributed by atoms with E-state index in [0.717, 1.165) is 5.56 Å². The quantitative estimate of drug-likeness (QED) is 0.569. The number of anilines is 2. The summed E-state index contributed by atoms with van der Waals surface area (Å²) in [7, 11) is 0. The van der Waals surface area contributed by atoms with Crippen LogP contribution in [0.5, 0.6) is 0 Å². The minimum atomic E-state index is 0.508. The van der Waals surface area contributed by atoms with Gasteiger partial charge in [0.25, 0.3) is 0 Å². The molecule has 0 fully saturated rings. The number of nitrogens with two attached hydrogens (primary N) is 1. The lowest BCUT2D eigenvalue weighted by atomic mass is 10.0. The molecule has 100 valence electrons. The zero-order valence-electron chi connectivity index (χ0n) is 11.0. The molecule has 2 aromatic carbocycles. The lowest BCUT2D eigenvalue weighted by Gasteiger charge is -2.05. The number of nitrogens with one attached hydrogen (secondary N) is 1. The molecule has 0 spiro atoms. The van der Waals surface area contributed by atoms with E-state index >= 15 is 0 Å². The Bertz CT molecular complexity index is 776. The molecule has 0 atom stereocenters. The molecule has 3 aromatic rings. The fraction of sp³-hybridized carbons (Fsp3) is 0.0667. The zero-order chi connectivity index (χ0) is 13.9. The number of nitrogen functional groups attached to an aromatic ring is 1. The van der Waals surface area contributed by atoms with Crippen LogP contribution in [0.2, 0.25) is 0 Å². The standard InChI is InChI=1S/C15H14N4S/c1-10-6-7-11-4-2-3-5-12(11)13(10)8-17-19-15-18-14(16)9-20-15/h2-9H,16H2,1H3,(H,18,19). The van der Waals surface area contributed by atoms with E-state index in [-0.39, 0.29) is 0 Å². The van der Waals surface area contributed by atoms with Crippen molar-refractivity contribution in [1.29, 1.82) is 0 Å². The molecule has 5 heteroatoms. The fourth-order valence-corrected chi connectivity index (χ4v) is 2.61. The SMILES string of the molecule is Cc1ccc2ccccc2c1C=NNc1nc(N)cs1. The van der Waals surface area contributed by atoms with E-state index in [1.54, 1.807) is 5.38 Å². The normalized spacial score (nSPS) is 11.2. The first-order valence-corrected chi connectivity index (χ1v) is 7.10. The van der Waals surface area contributed by atoms with Gasteiger partial charge in [0, 0.05) is 10.9 Å². The van der Waals surface area contributed by atoms with Gasteiger partial charge in [-0.3, -0.25) is 5.43 Å². The molecule has 0 unspecified atom stereocenters. The van der Waals surface area contributed by atoms with Crippen LogP contribution in [0.1, 0.15) is 11.1 Å². The lowest BCUT2D eigenvalue weighted by Crippen LogP contribution is -1.94. The molecule has 0 aliphatic carbocycles. The predicted molar refractivity (Wildman–Crippen MR) is 86.4 cm³/mol. The maximum atomic E-state index is 5.57. The maximum absolute atomic E-state index is 5.57. The van der Waals surface area contributed by atoms with E-state index in [2.05, 4.69) is 46.7 Å². The van der Waals surface area contributed by atoms with Crippen LogP contribution < -0.4 is 11.2 Å². The molecule has 4 nitrogen and oxygen atoms in total. The van der Waals surface area contributed by atoms with Crippen molar-refractivity contribution in [3.8, 4) is 0 Å². The molecule has 0 aliphatic heterocycles. The molecule has 0 radical (unpaired) electrons. The number of hydrogen-bond donors (Lipinski definition) is 2. The van der Waals surface area contributed by atoms with Crippen LogP contribution in [0.3, 0.4) is 0 Å². The third-order valence-electron chi connectivity index (χ3n) is 3.06. The molecular weight excluding hydrogens is 268 g/mol. The Labute approximate surface area is 121 Å². The van der Waals surface area contributed by atoms with Crippen LogP contribution in [0, 0.1) is 6.92 Å². The van der Waals surface area contributed by atoms with E-state index in [9.17, 15) is 0 Å². The summed E-state index contributed by atoms with van der Waals surface area (Å²) in [4.78, 5) is 4.10. The Morgan fingerprint density at radius 2 is 2.10 bits per heavy atom. The molecule has 0 saturated heterocycles. The van der Waals surface area contributed by atoms with Crippen LogP contribution in [0.25, 0.3) is 10.8 Å². The average Bonchev–Trinajstić information content (AvgIpc) is 2.87. The number of thiazole rings is 1. The highest BCUT2D eigenvalue weighted by Gasteiger charge is 2.02. The van der Waals surface area contributed by atoms with Gasteiger partial charge >= 0.3 is 0 Å². The lowest BCUT2D eigenvalue weighted by molar-refractivity contribution is 1.29. The van der Waals surface area contributed by atoms with Crippen LogP contribution in [0.4, 0.5) is 10.9 Å². The third kappa shape index (κ3) is 2.48. The van der Waals surface area contributed by atoms with Crippen molar-refractivity contribution in [1.82, 2.24) is 4.98 Å². The summed E-state index contributed by atoms with van der Waals surface area (Å²) in [5.41, 5.74) is 10.8. The van der Waals surface area contributed by atoms with Gasteiger partial charge < -0.3 is 5.73 Å². The summed E-state index contributed by atoms with van der Waals surface area (Å²) in [6, 6.07) is 12.5. The number of benzene rings is 2. The van der Waals surface area contributed by atoms with Crippen LogP contribution in [0.15, 0.2) is 46.9 Å².